The van der Waals surface area contributed by atoms with Crippen molar-refractivity contribution in [3.63, 3.8) is 0 Å². The summed E-state index contributed by atoms with van der Waals surface area (Å²) < 4.78 is 11.2. The molecule has 0 spiro atoms. The Hall–Kier alpha value is -1.58. The van der Waals surface area contributed by atoms with Crippen LogP contribution in [0.15, 0.2) is 12.1 Å². The predicted octanol–water partition coefficient (Wildman–Crippen LogP) is 3.28. The van der Waals surface area contributed by atoms with Crippen LogP contribution < -0.4 is 20.5 Å². The maximum Gasteiger partial charge on any atom is 0.163 e. The minimum Gasteiger partial charge on any atom is -0.486 e. The van der Waals surface area contributed by atoms with E-state index in [0.717, 1.165) is 40.6 Å². The molecule has 1 heterocycles. The molecule has 2 aliphatic carbocycles. The normalized spacial score (nSPS) is 31.2. The highest BCUT2D eigenvalue weighted by atomic mass is 16.6. The summed E-state index contributed by atoms with van der Waals surface area (Å²) in [5.74, 6) is 4.24. The van der Waals surface area contributed by atoms with Crippen LogP contribution in [-0.2, 0) is 0 Å². The van der Waals surface area contributed by atoms with Crippen molar-refractivity contribution >= 4 is 11.4 Å². The van der Waals surface area contributed by atoms with Crippen molar-refractivity contribution < 1.29 is 9.47 Å². The number of ether oxygens (including phenoxy) is 2. The molecule has 0 radical (unpaired) electrons. The Balaban J connectivity index is 1.51. The maximum atomic E-state index is 6.17. The predicted molar refractivity (Wildman–Crippen MR) is 83.9 cm³/mol. The first-order valence-electron chi connectivity index (χ1n) is 8.16. The van der Waals surface area contributed by atoms with E-state index in [4.69, 9.17) is 15.2 Å². The van der Waals surface area contributed by atoms with Crippen LogP contribution in [0.5, 0.6) is 11.5 Å². The zero-order valence-electron chi connectivity index (χ0n) is 12.6. The van der Waals surface area contributed by atoms with Crippen LogP contribution in [0.4, 0.5) is 11.4 Å². The third-order valence-corrected chi connectivity index (χ3v) is 5.53. The molecule has 114 valence electrons. The summed E-state index contributed by atoms with van der Waals surface area (Å²) in [6, 6.07) is 4.34. The zero-order chi connectivity index (χ0) is 14.4. The summed E-state index contributed by atoms with van der Waals surface area (Å²) in [5.41, 5.74) is 7.90. The smallest absolute Gasteiger partial charge is 0.163 e. The molecule has 3 aliphatic rings. The van der Waals surface area contributed by atoms with Gasteiger partial charge in [0.25, 0.3) is 0 Å². The van der Waals surface area contributed by atoms with Gasteiger partial charge in [0.2, 0.25) is 0 Å². The monoisotopic (exact) mass is 288 g/mol. The van der Waals surface area contributed by atoms with Crippen molar-refractivity contribution in [2.24, 2.45) is 17.8 Å². The summed E-state index contributed by atoms with van der Waals surface area (Å²) in [5, 5.41) is 3.63. The first kappa shape index (κ1) is 13.1. The highest BCUT2D eigenvalue weighted by Crippen LogP contribution is 2.50. The van der Waals surface area contributed by atoms with Crippen molar-refractivity contribution in [1.82, 2.24) is 0 Å². The Labute approximate surface area is 126 Å². The van der Waals surface area contributed by atoms with E-state index >= 15 is 0 Å². The number of nitrogens with two attached hydrogens (primary N) is 1. The summed E-state index contributed by atoms with van der Waals surface area (Å²) in [4.78, 5) is 0. The lowest BCUT2D eigenvalue weighted by molar-refractivity contribution is 0.172. The second-order valence-corrected chi connectivity index (χ2v) is 6.85. The highest BCUT2D eigenvalue weighted by Gasteiger charge is 2.41. The number of anilines is 2. The van der Waals surface area contributed by atoms with Gasteiger partial charge in [0, 0.05) is 18.2 Å². The summed E-state index contributed by atoms with van der Waals surface area (Å²) in [6.07, 6.45) is 5.68. The lowest BCUT2D eigenvalue weighted by atomic mass is 9.84. The van der Waals surface area contributed by atoms with Crippen molar-refractivity contribution in [2.75, 3.05) is 24.3 Å². The molecule has 1 aromatic carbocycles. The van der Waals surface area contributed by atoms with Gasteiger partial charge < -0.3 is 20.5 Å². The van der Waals surface area contributed by atoms with Crippen LogP contribution in [0.25, 0.3) is 0 Å². The van der Waals surface area contributed by atoms with Crippen molar-refractivity contribution in [2.45, 2.75) is 38.6 Å². The molecule has 4 atom stereocenters. The number of nitrogen functional groups attached to an aromatic ring is 1. The van der Waals surface area contributed by atoms with Crippen molar-refractivity contribution in [3.8, 4) is 11.5 Å². The molecule has 4 heteroatoms. The summed E-state index contributed by atoms with van der Waals surface area (Å²) in [6.45, 7) is 3.50. The third-order valence-electron chi connectivity index (χ3n) is 5.53. The van der Waals surface area contributed by atoms with E-state index in [2.05, 4.69) is 12.2 Å². The van der Waals surface area contributed by atoms with Crippen molar-refractivity contribution in [3.05, 3.63) is 12.1 Å². The second kappa shape index (κ2) is 5.00. The van der Waals surface area contributed by atoms with Gasteiger partial charge in [-0.15, -0.1) is 0 Å². The third kappa shape index (κ3) is 2.30. The van der Waals surface area contributed by atoms with Crippen LogP contribution in [0.2, 0.25) is 0 Å². The van der Waals surface area contributed by atoms with Gasteiger partial charge >= 0.3 is 0 Å². The van der Waals surface area contributed by atoms with Gasteiger partial charge in [0.15, 0.2) is 11.5 Å². The van der Waals surface area contributed by atoms with Crippen LogP contribution in [-0.4, -0.2) is 19.3 Å². The van der Waals surface area contributed by atoms with Crippen LogP contribution in [0.1, 0.15) is 32.6 Å². The molecule has 2 fully saturated rings. The van der Waals surface area contributed by atoms with Crippen LogP contribution >= 0.6 is 0 Å². The van der Waals surface area contributed by atoms with Gasteiger partial charge in [-0.1, -0.05) is 6.42 Å². The van der Waals surface area contributed by atoms with E-state index in [-0.39, 0.29) is 0 Å². The van der Waals surface area contributed by atoms with Gasteiger partial charge in [-0.3, -0.25) is 0 Å². The molecule has 2 bridgehead atoms. The molecular weight excluding hydrogens is 264 g/mol. The molecule has 0 aromatic heterocycles. The Morgan fingerprint density at radius 3 is 2.57 bits per heavy atom. The number of hydrogen-bond acceptors (Lipinski definition) is 4. The fourth-order valence-electron chi connectivity index (χ4n) is 4.49. The van der Waals surface area contributed by atoms with E-state index in [1.807, 2.05) is 12.1 Å². The quantitative estimate of drug-likeness (QED) is 0.838. The molecule has 1 aliphatic heterocycles. The van der Waals surface area contributed by atoms with Gasteiger partial charge in [0.05, 0.1) is 11.4 Å². The molecule has 1 aromatic rings. The lowest BCUT2D eigenvalue weighted by Gasteiger charge is -2.30. The number of hydrogen-bond donors (Lipinski definition) is 2. The number of benzene rings is 1. The minimum atomic E-state index is 0.463. The fourth-order valence-corrected chi connectivity index (χ4v) is 4.49. The topological polar surface area (TPSA) is 56.5 Å². The number of rotatable bonds is 3. The van der Waals surface area contributed by atoms with E-state index in [9.17, 15) is 0 Å². The first-order valence-corrected chi connectivity index (χ1v) is 8.16. The Morgan fingerprint density at radius 1 is 1.14 bits per heavy atom. The van der Waals surface area contributed by atoms with Gasteiger partial charge in [-0.2, -0.15) is 0 Å². The molecule has 2 saturated carbocycles. The first-order chi connectivity index (χ1) is 10.2. The maximum absolute atomic E-state index is 6.17. The van der Waals surface area contributed by atoms with E-state index < -0.39 is 0 Å². The second-order valence-electron chi connectivity index (χ2n) is 6.85. The van der Waals surface area contributed by atoms with E-state index in [1.165, 1.54) is 25.7 Å². The summed E-state index contributed by atoms with van der Waals surface area (Å²) >= 11 is 0. The van der Waals surface area contributed by atoms with Crippen molar-refractivity contribution in [1.29, 1.82) is 0 Å². The van der Waals surface area contributed by atoms with E-state index in [0.29, 0.717) is 19.3 Å². The lowest BCUT2D eigenvalue weighted by Crippen LogP contribution is -2.30. The standard InChI is InChI=1S/C17H24N2O2/c1-10(13-7-11-2-3-12(13)6-11)19-15-9-17-16(8-14(15)18)20-4-5-21-17/h8-13,19H,2-7,18H2,1H3. The Morgan fingerprint density at radius 2 is 1.90 bits per heavy atom. The Bertz CT molecular complexity index is 546. The van der Waals surface area contributed by atoms with Gasteiger partial charge in [0.1, 0.15) is 13.2 Å². The number of nitrogens with one attached hydrogen (secondary N) is 1. The van der Waals surface area contributed by atoms with Gasteiger partial charge in [-0.05, 0) is 43.9 Å². The average Bonchev–Trinajstić information content (AvgIpc) is 3.10. The molecule has 0 saturated heterocycles. The molecule has 0 amide bonds. The molecule has 4 unspecified atom stereocenters. The molecule has 3 N–H and O–H groups in total. The molecule has 21 heavy (non-hydrogen) atoms. The zero-order valence-corrected chi connectivity index (χ0v) is 12.6. The average molecular weight is 288 g/mol. The largest absolute Gasteiger partial charge is 0.486 e. The highest BCUT2D eigenvalue weighted by molar-refractivity contribution is 5.72. The van der Waals surface area contributed by atoms with E-state index in [1.54, 1.807) is 0 Å². The fraction of sp³-hybridized carbons (Fsp3) is 0.647. The van der Waals surface area contributed by atoms with Gasteiger partial charge in [-0.25, -0.2) is 0 Å². The molecular formula is C17H24N2O2. The molecule has 4 nitrogen and oxygen atoms in total. The Kier molecular flexibility index (Phi) is 3.12. The minimum absolute atomic E-state index is 0.463. The van der Waals surface area contributed by atoms with Crippen LogP contribution in [0.3, 0.4) is 0 Å². The molecule has 4 rings (SSSR count). The SMILES string of the molecule is CC(Nc1cc2c(cc1N)OCCO2)C1CC2CCC1C2. The number of fused-ring (bicyclic) bond motifs is 3. The van der Waals surface area contributed by atoms with Crippen LogP contribution in [0, 0.1) is 17.8 Å². The summed E-state index contributed by atoms with van der Waals surface area (Å²) in [7, 11) is 0.